The molecular formula is C33H26BrN3O3S. The topological polar surface area (TPSA) is 74.9 Å². The minimum atomic E-state index is -0.163. The molecule has 204 valence electrons. The van der Waals surface area contributed by atoms with Crippen LogP contribution in [0.15, 0.2) is 99.3 Å². The number of ether oxygens (including phenoxy) is 2. The van der Waals surface area contributed by atoms with Crippen molar-refractivity contribution in [1.29, 1.82) is 5.26 Å². The third-order valence-corrected chi connectivity index (χ3v) is 8.10. The third kappa shape index (κ3) is 6.37. The van der Waals surface area contributed by atoms with Gasteiger partial charge in [-0.2, -0.15) is 5.26 Å². The number of amidine groups is 1. The number of amides is 1. The zero-order valence-corrected chi connectivity index (χ0v) is 25.1. The van der Waals surface area contributed by atoms with Gasteiger partial charge in [0.25, 0.3) is 5.91 Å². The van der Waals surface area contributed by atoms with Crippen molar-refractivity contribution >= 4 is 56.2 Å². The number of nitrogens with zero attached hydrogens (tertiary/aromatic N) is 3. The smallest absolute Gasteiger partial charge is 0.271 e. The lowest BCUT2D eigenvalue weighted by molar-refractivity contribution is -0.113. The number of aryl methyl sites for hydroxylation is 2. The second kappa shape index (κ2) is 12.5. The Balaban J connectivity index is 1.48. The molecule has 1 amide bonds. The molecule has 1 heterocycles. The summed E-state index contributed by atoms with van der Waals surface area (Å²) in [7, 11) is 1.57. The SMILES string of the molecule is COc1cc(/C=C2/SC(=Nc3ccc(C)cc3)N(c3ccc(C)cc3)C2=O)c(Br)cc1OCc1ccccc1C#N. The lowest BCUT2D eigenvalue weighted by atomic mass is 10.1. The Kier molecular flexibility index (Phi) is 8.58. The zero-order valence-electron chi connectivity index (χ0n) is 22.7. The molecule has 6 nitrogen and oxygen atoms in total. The fourth-order valence-electron chi connectivity index (χ4n) is 4.19. The van der Waals surface area contributed by atoms with E-state index in [1.165, 1.54) is 11.8 Å². The molecule has 0 spiro atoms. The van der Waals surface area contributed by atoms with Gasteiger partial charge in [0.15, 0.2) is 16.7 Å². The van der Waals surface area contributed by atoms with Gasteiger partial charge in [0.1, 0.15) is 6.61 Å². The summed E-state index contributed by atoms with van der Waals surface area (Å²) in [6.07, 6.45) is 1.83. The fourth-order valence-corrected chi connectivity index (χ4v) is 5.61. The van der Waals surface area contributed by atoms with E-state index >= 15 is 0 Å². The summed E-state index contributed by atoms with van der Waals surface area (Å²) < 4.78 is 12.4. The predicted octanol–water partition coefficient (Wildman–Crippen LogP) is 8.33. The first kappa shape index (κ1) is 28.2. The van der Waals surface area contributed by atoms with Crippen molar-refractivity contribution < 1.29 is 14.3 Å². The number of carbonyl (C=O) groups excluding carboxylic acids is 1. The summed E-state index contributed by atoms with van der Waals surface area (Å²) in [6.45, 7) is 4.25. The van der Waals surface area contributed by atoms with Crippen molar-refractivity contribution in [2.45, 2.75) is 20.5 Å². The van der Waals surface area contributed by atoms with Crippen LogP contribution in [-0.2, 0) is 11.4 Å². The molecule has 1 fully saturated rings. The predicted molar refractivity (Wildman–Crippen MR) is 169 cm³/mol. The number of halogens is 1. The number of rotatable bonds is 7. The minimum absolute atomic E-state index is 0.163. The molecule has 4 aromatic carbocycles. The summed E-state index contributed by atoms with van der Waals surface area (Å²) in [5.74, 6) is 0.862. The molecule has 5 rings (SSSR count). The molecule has 1 aliphatic heterocycles. The third-order valence-electron chi connectivity index (χ3n) is 6.45. The van der Waals surface area contributed by atoms with Gasteiger partial charge in [-0.05, 0) is 79.7 Å². The quantitative estimate of drug-likeness (QED) is 0.193. The highest BCUT2D eigenvalue weighted by molar-refractivity contribution is 9.10. The van der Waals surface area contributed by atoms with Crippen LogP contribution >= 0.6 is 27.7 Å². The molecule has 0 unspecified atom stereocenters. The molecule has 0 saturated carbocycles. The maximum Gasteiger partial charge on any atom is 0.271 e. The molecule has 1 saturated heterocycles. The van der Waals surface area contributed by atoms with Crippen molar-refractivity contribution in [3.8, 4) is 17.6 Å². The summed E-state index contributed by atoms with van der Waals surface area (Å²) >= 11 is 4.96. The molecule has 4 aromatic rings. The Hall–Kier alpha value is -4.32. The first-order valence-electron chi connectivity index (χ1n) is 12.8. The summed E-state index contributed by atoms with van der Waals surface area (Å²) in [4.78, 5) is 20.8. The number of benzene rings is 4. The van der Waals surface area contributed by atoms with Gasteiger partial charge in [-0.3, -0.25) is 9.69 Å². The highest BCUT2D eigenvalue weighted by Gasteiger charge is 2.35. The van der Waals surface area contributed by atoms with Crippen molar-refractivity contribution in [1.82, 2.24) is 0 Å². The number of hydrogen-bond donors (Lipinski definition) is 0. The monoisotopic (exact) mass is 623 g/mol. The van der Waals surface area contributed by atoms with Gasteiger partial charge in [-0.25, -0.2) is 4.99 Å². The van der Waals surface area contributed by atoms with Crippen LogP contribution in [0.4, 0.5) is 11.4 Å². The largest absolute Gasteiger partial charge is 0.493 e. The molecule has 0 radical (unpaired) electrons. The number of hydrogen-bond acceptors (Lipinski definition) is 6. The van der Waals surface area contributed by atoms with E-state index in [4.69, 9.17) is 14.5 Å². The zero-order chi connectivity index (χ0) is 28.9. The second-order valence-corrected chi connectivity index (χ2v) is 11.3. The molecule has 0 aliphatic carbocycles. The van der Waals surface area contributed by atoms with Crippen molar-refractivity contribution in [3.63, 3.8) is 0 Å². The van der Waals surface area contributed by atoms with E-state index in [1.807, 2.05) is 98.8 Å². The Labute approximate surface area is 252 Å². The highest BCUT2D eigenvalue weighted by atomic mass is 79.9. The summed E-state index contributed by atoms with van der Waals surface area (Å²) in [5.41, 5.74) is 5.86. The number of methoxy groups -OCH3 is 1. The van der Waals surface area contributed by atoms with Gasteiger partial charge in [-0.15, -0.1) is 0 Å². The Morgan fingerprint density at radius 2 is 1.66 bits per heavy atom. The van der Waals surface area contributed by atoms with Crippen LogP contribution in [0, 0.1) is 25.2 Å². The summed E-state index contributed by atoms with van der Waals surface area (Å²) in [5, 5.41) is 9.96. The Morgan fingerprint density at radius 1 is 0.976 bits per heavy atom. The van der Waals surface area contributed by atoms with Crippen molar-refractivity contribution in [2.75, 3.05) is 12.0 Å². The highest BCUT2D eigenvalue weighted by Crippen LogP contribution is 2.40. The number of nitriles is 1. The second-order valence-electron chi connectivity index (χ2n) is 9.40. The van der Waals surface area contributed by atoms with E-state index in [1.54, 1.807) is 18.1 Å². The van der Waals surface area contributed by atoms with Gasteiger partial charge < -0.3 is 9.47 Å². The number of thioether (sulfide) groups is 1. The van der Waals surface area contributed by atoms with Crippen LogP contribution in [0.1, 0.15) is 27.8 Å². The van der Waals surface area contributed by atoms with Crippen LogP contribution in [0.3, 0.4) is 0 Å². The van der Waals surface area contributed by atoms with E-state index in [9.17, 15) is 10.1 Å². The maximum atomic E-state index is 13.8. The molecule has 0 N–H and O–H groups in total. The average Bonchev–Trinajstić information content (AvgIpc) is 3.28. The van der Waals surface area contributed by atoms with Crippen molar-refractivity contribution in [2.24, 2.45) is 4.99 Å². The lowest BCUT2D eigenvalue weighted by Gasteiger charge is -2.16. The van der Waals surface area contributed by atoms with E-state index in [0.717, 1.165) is 38.1 Å². The normalized spacial score (nSPS) is 14.9. The van der Waals surface area contributed by atoms with E-state index < -0.39 is 0 Å². The van der Waals surface area contributed by atoms with Gasteiger partial charge >= 0.3 is 0 Å². The lowest BCUT2D eigenvalue weighted by Crippen LogP contribution is -2.28. The minimum Gasteiger partial charge on any atom is -0.493 e. The molecular weight excluding hydrogens is 598 g/mol. The van der Waals surface area contributed by atoms with Crippen molar-refractivity contribution in [3.05, 3.63) is 122 Å². The fraction of sp³-hybridized carbons (Fsp3) is 0.121. The molecule has 0 aromatic heterocycles. The first-order chi connectivity index (χ1) is 19.9. The number of anilines is 1. The summed E-state index contributed by atoms with van der Waals surface area (Å²) in [6, 6.07) is 28.8. The van der Waals surface area contributed by atoms with E-state index in [0.29, 0.717) is 27.1 Å². The molecule has 0 atom stereocenters. The maximum absolute atomic E-state index is 13.8. The van der Waals surface area contributed by atoms with Crippen LogP contribution in [-0.4, -0.2) is 18.2 Å². The molecule has 41 heavy (non-hydrogen) atoms. The average molecular weight is 625 g/mol. The van der Waals surface area contributed by atoms with Crippen LogP contribution in [0.25, 0.3) is 6.08 Å². The van der Waals surface area contributed by atoms with Gasteiger partial charge in [-0.1, -0.05) is 69.5 Å². The molecule has 8 heteroatoms. The van der Waals surface area contributed by atoms with Gasteiger partial charge in [0.05, 0.1) is 35.0 Å². The number of carbonyl (C=O) groups is 1. The van der Waals surface area contributed by atoms with E-state index in [2.05, 4.69) is 22.0 Å². The van der Waals surface area contributed by atoms with Gasteiger partial charge in [0.2, 0.25) is 0 Å². The van der Waals surface area contributed by atoms with E-state index in [-0.39, 0.29) is 12.5 Å². The van der Waals surface area contributed by atoms with Crippen LogP contribution < -0.4 is 14.4 Å². The Morgan fingerprint density at radius 3 is 2.34 bits per heavy atom. The van der Waals surface area contributed by atoms with Crippen LogP contribution in [0.2, 0.25) is 0 Å². The standard InChI is InChI=1S/C33H26BrN3O3S/c1-21-8-12-26(13-9-21)36-33-37(27-14-10-22(2)11-15-27)32(38)31(41-33)17-25-16-29(39-3)30(18-28(25)34)40-20-24-7-5-4-6-23(24)19-35/h4-18H,20H2,1-3H3/b31-17+,36-33?. The molecule has 1 aliphatic rings. The Bertz CT molecular complexity index is 1710. The van der Waals surface area contributed by atoms with Gasteiger partial charge in [0, 0.05) is 10.0 Å². The first-order valence-corrected chi connectivity index (χ1v) is 14.4. The van der Waals surface area contributed by atoms with Crippen LogP contribution in [0.5, 0.6) is 11.5 Å². The molecule has 0 bridgehead atoms. The number of aliphatic imine (C=N–C) groups is 1.